The predicted molar refractivity (Wildman–Crippen MR) is 135 cm³/mol. The summed E-state index contributed by atoms with van der Waals surface area (Å²) in [5, 5.41) is 0.706. The highest BCUT2D eigenvalue weighted by Gasteiger charge is 2.34. The van der Waals surface area contributed by atoms with Gasteiger partial charge < -0.3 is 14.4 Å². The van der Waals surface area contributed by atoms with E-state index in [0.717, 1.165) is 50.1 Å². The first-order chi connectivity index (χ1) is 16.8. The van der Waals surface area contributed by atoms with Crippen LogP contribution in [0.1, 0.15) is 41.6 Å². The Hall–Kier alpha value is -2.33. The zero-order valence-corrected chi connectivity index (χ0v) is 21.6. The summed E-state index contributed by atoms with van der Waals surface area (Å²) < 4.78 is 40.6. The number of piperidine rings is 2. The number of aryl methyl sites for hydroxylation is 1. The summed E-state index contributed by atoms with van der Waals surface area (Å²) in [6.07, 6.45) is 3.47. The van der Waals surface area contributed by atoms with Crippen molar-refractivity contribution in [3.8, 4) is 11.5 Å². The Labute approximate surface area is 212 Å². The molecular weight excluding hydrogens is 490 g/mol. The second-order valence-corrected chi connectivity index (χ2v) is 11.1. The van der Waals surface area contributed by atoms with Crippen LogP contribution in [-0.4, -0.2) is 69.0 Å². The highest BCUT2D eigenvalue weighted by molar-refractivity contribution is 7.87. The number of para-hydroxylation sites is 1. The van der Waals surface area contributed by atoms with Crippen molar-refractivity contribution in [2.75, 3.05) is 33.3 Å². The number of carbonyl (C=O) groups excluding carboxylic acids is 1. The third-order valence-electron chi connectivity index (χ3n) is 6.76. The van der Waals surface area contributed by atoms with E-state index in [1.807, 2.05) is 25.1 Å². The van der Waals surface area contributed by atoms with Crippen LogP contribution in [0.5, 0.6) is 11.5 Å². The van der Waals surface area contributed by atoms with Gasteiger partial charge in [0, 0.05) is 37.2 Å². The van der Waals surface area contributed by atoms with Crippen LogP contribution < -0.4 is 14.2 Å². The number of benzene rings is 2. The van der Waals surface area contributed by atoms with Crippen molar-refractivity contribution >= 4 is 27.7 Å². The number of methoxy groups -OCH3 is 1. The van der Waals surface area contributed by atoms with Crippen LogP contribution in [0.2, 0.25) is 5.02 Å². The second-order valence-electron chi connectivity index (χ2n) is 9.03. The van der Waals surface area contributed by atoms with E-state index in [1.165, 1.54) is 17.5 Å². The molecule has 35 heavy (non-hydrogen) atoms. The summed E-state index contributed by atoms with van der Waals surface area (Å²) >= 11 is 6.04. The number of likely N-dealkylation sites (tertiary alicyclic amines) is 1. The number of rotatable bonds is 7. The number of carbonyl (C=O) groups is 1. The number of hydrogen-bond donors (Lipinski definition) is 1. The maximum atomic E-state index is 12.8. The number of amides is 1. The molecule has 4 rings (SSSR count). The molecule has 1 N–H and O–H groups in total. The van der Waals surface area contributed by atoms with Crippen molar-refractivity contribution in [1.29, 1.82) is 0 Å². The molecule has 0 atom stereocenters. The normalized spacial score (nSPS) is 18.8. The fourth-order valence-electron chi connectivity index (χ4n) is 4.80. The first-order valence-corrected chi connectivity index (χ1v) is 13.7. The number of nitrogens with one attached hydrogen (secondary N) is 1. The Balaban J connectivity index is 1.26. The SMILES string of the molecule is COc1ccccc1C(=O)NS(=O)(=O)N1CCC(N2CCC(Oc3ccc(Cl)cc3C)CC2)CC1. The molecule has 0 spiro atoms. The van der Waals surface area contributed by atoms with Crippen molar-refractivity contribution in [2.24, 2.45) is 0 Å². The summed E-state index contributed by atoms with van der Waals surface area (Å²) in [5.74, 6) is 0.515. The molecule has 2 aliphatic heterocycles. The molecule has 2 aliphatic rings. The Bertz CT molecular complexity index is 1140. The summed E-state index contributed by atoms with van der Waals surface area (Å²) in [6, 6.07) is 12.6. The molecule has 2 heterocycles. The predicted octanol–water partition coefficient (Wildman–Crippen LogP) is 3.64. The topological polar surface area (TPSA) is 88.2 Å². The van der Waals surface area contributed by atoms with Crippen molar-refractivity contribution < 1.29 is 22.7 Å². The largest absolute Gasteiger partial charge is 0.496 e. The Morgan fingerprint density at radius 2 is 1.69 bits per heavy atom. The first kappa shape index (κ1) is 25.8. The lowest BCUT2D eigenvalue weighted by molar-refractivity contribution is 0.0581. The number of ether oxygens (including phenoxy) is 2. The molecule has 2 fully saturated rings. The van der Waals surface area contributed by atoms with Crippen LogP contribution in [0.25, 0.3) is 0 Å². The molecule has 0 unspecified atom stereocenters. The molecule has 1 amide bonds. The van der Waals surface area contributed by atoms with Crippen LogP contribution in [0.3, 0.4) is 0 Å². The molecule has 0 aromatic heterocycles. The van der Waals surface area contributed by atoms with Gasteiger partial charge in [0.25, 0.3) is 5.91 Å². The van der Waals surface area contributed by atoms with Gasteiger partial charge in [0.15, 0.2) is 0 Å². The maximum absolute atomic E-state index is 12.8. The van der Waals surface area contributed by atoms with Gasteiger partial charge in [-0.1, -0.05) is 23.7 Å². The van der Waals surface area contributed by atoms with E-state index in [2.05, 4.69) is 9.62 Å². The van der Waals surface area contributed by atoms with Gasteiger partial charge in [0.2, 0.25) is 0 Å². The summed E-state index contributed by atoms with van der Waals surface area (Å²) in [5.41, 5.74) is 1.22. The average molecular weight is 522 g/mol. The minimum Gasteiger partial charge on any atom is -0.496 e. The van der Waals surface area contributed by atoms with Gasteiger partial charge in [-0.15, -0.1) is 0 Å². The summed E-state index contributed by atoms with van der Waals surface area (Å²) in [6.45, 7) is 4.58. The van der Waals surface area contributed by atoms with Gasteiger partial charge in [-0.05, 0) is 68.5 Å². The summed E-state index contributed by atoms with van der Waals surface area (Å²) in [7, 11) is -2.49. The van der Waals surface area contributed by atoms with Crippen molar-refractivity contribution in [1.82, 2.24) is 13.9 Å². The Morgan fingerprint density at radius 3 is 2.34 bits per heavy atom. The van der Waals surface area contributed by atoms with E-state index < -0.39 is 16.1 Å². The minimum atomic E-state index is -3.93. The molecule has 2 saturated heterocycles. The lowest BCUT2D eigenvalue weighted by Gasteiger charge is -2.41. The van der Waals surface area contributed by atoms with Crippen LogP contribution in [-0.2, 0) is 10.2 Å². The van der Waals surface area contributed by atoms with Crippen molar-refractivity contribution in [2.45, 2.75) is 44.8 Å². The minimum absolute atomic E-state index is 0.164. The van der Waals surface area contributed by atoms with Crippen molar-refractivity contribution in [3.05, 3.63) is 58.6 Å². The number of nitrogens with zero attached hydrogens (tertiary/aromatic N) is 2. The average Bonchev–Trinajstić information content (AvgIpc) is 2.86. The zero-order valence-electron chi connectivity index (χ0n) is 20.1. The van der Waals surface area contributed by atoms with Gasteiger partial charge in [0.05, 0.1) is 12.7 Å². The van der Waals surface area contributed by atoms with Gasteiger partial charge >= 0.3 is 10.2 Å². The van der Waals surface area contributed by atoms with E-state index in [-0.39, 0.29) is 11.7 Å². The quantitative estimate of drug-likeness (QED) is 0.598. The molecule has 0 bridgehead atoms. The molecule has 2 aromatic carbocycles. The van der Waals surface area contributed by atoms with E-state index in [4.69, 9.17) is 21.1 Å². The lowest BCUT2D eigenvalue weighted by Crippen LogP contribution is -2.52. The first-order valence-electron chi connectivity index (χ1n) is 11.9. The number of hydrogen-bond acceptors (Lipinski definition) is 6. The number of halogens is 1. The molecular formula is C25H32ClN3O5S. The van der Waals surface area contributed by atoms with E-state index in [9.17, 15) is 13.2 Å². The third-order valence-corrected chi connectivity index (χ3v) is 8.48. The van der Waals surface area contributed by atoms with E-state index in [1.54, 1.807) is 18.2 Å². The Kier molecular flexibility index (Phi) is 8.21. The fraction of sp³-hybridized carbons (Fsp3) is 0.480. The highest BCUT2D eigenvalue weighted by Crippen LogP contribution is 2.27. The Morgan fingerprint density at radius 1 is 1.00 bits per heavy atom. The van der Waals surface area contributed by atoms with Gasteiger partial charge in [0.1, 0.15) is 17.6 Å². The third kappa shape index (κ3) is 6.27. The van der Waals surface area contributed by atoms with Gasteiger partial charge in [-0.2, -0.15) is 12.7 Å². The monoisotopic (exact) mass is 521 g/mol. The molecule has 0 aliphatic carbocycles. The smallest absolute Gasteiger partial charge is 0.304 e. The zero-order chi connectivity index (χ0) is 25.0. The standard InChI is InChI=1S/C25H32ClN3O5S/c1-18-17-19(26)7-8-23(18)34-21-11-13-28(14-12-21)20-9-15-29(16-10-20)35(31,32)27-25(30)22-5-3-4-6-24(22)33-2/h3-8,17,20-21H,9-16H2,1-2H3,(H,27,30). The lowest BCUT2D eigenvalue weighted by atomic mass is 10.00. The molecule has 190 valence electrons. The molecule has 0 radical (unpaired) electrons. The van der Waals surface area contributed by atoms with E-state index >= 15 is 0 Å². The maximum Gasteiger partial charge on any atom is 0.304 e. The van der Waals surface area contributed by atoms with E-state index in [0.29, 0.717) is 29.9 Å². The van der Waals surface area contributed by atoms with Crippen molar-refractivity contribution in [3.63, 3.8) is 0 Å². The molecule has 10 heteroatoms. The fourth-order valence-corrected chi connectivity index (χ4v) is 6.19. The summed E-state index contributed by atoms with van der Waals surface area (Å²) in [4.78, 5) is 15.0. The van der Waals surface area contributed by atoms with Crippen LogP contribution in [0.15, 0.2) is 42.5 Å². The second kappa shape index (κ2) is 11.2. The van der Waals surface area contributed by atoms with Gasteiger partial charge in [-0.25, -0.2) is 4.72 Å². The van der Waals surface area contributed by atoms with Crippen LogP contribution >= 0.6 is 11.6 Å². The highest BCUT2D eigenvalue weighted by atomic mass is 35.5. The molecule has 8 nitrogen and oxygen atoms in total. The molecule has 0 saturated carbocycles. The van der Waals surface area contributed by atoms with Crippen LogP contribution in [0, 0.1) is 6.92 Å². The van der Waals surface area contributed by atoms with Gasteiger partial charge in [-0.3, -0.25) is 4.79 Å². The van der Waals surface area contributed by atoms with Crippen LogP contribution in [0.4, 0.5) is 0 Å². The molecule has 2 aromatic rings.